The molecule has 0 fully saturated rings. The summed E-state index contributed by atoms with van der Waals surface area (Å²) in [6, 6.07) is 8.92. The summed E-state index contributed by atoms with van der Waals surface area (Å²) in [5.41, 5.74) is 2.56. The van der Waals surface area contributed by atoms with Gasteiger partial charge in [-0.15, -0.1) is 12.4 Å². The molecule has 0 unspecified atom stereocenters. The third kappa shape index (κ3) is 8.66. The first kappa shape index (κ1) is 28.4. The van der Waals surface area contributed by atoms with Crippen molar-refractivity contribution < 1.29 is 28.8 Å². The van der Waals surface area contributed by atoms with Gasteiger partial charge in [0.2, 0.25) is 0 Å². The number of carboxylic acid groups (broad SMARTS) is 1. The third-order valence-corrected chi connectivity index (χ3v) is 4.89. The van der Waals surface area contributed by atoms with Gasteiger partial charge in [0.1, 0.15) is 23.0 Å². The van der Waals surface area contributed by atoms with Crippen LogP contribution in [0, 0.1) is 0 Å². The first-order valence-corrected chi connectivity index (χ1v) is 10.2. The Kier molecular flexibility index (Phi) is 12.5. The number of aliphatic carboxylic acids is 1. The Morgan fingerprint density at radius 3 is 2.06 bits per heavy atom. The maximum absolute atomic E-state index is 10.9. The number of methoxy groups -OCH3 is 4. The average Bonchev–Trinajstić information content (AvgIpc) is 2.78. The molecule has 0 radical (unpaired) electrons. The van der Waals surface area contributed by atoms with Crippen LogP contribution in [0.25, 0.3) is 6.08 Å². The number of carboxylic acids is 1. The minimum absolute atomic E-state index is 0. The molecule has 33 heavy (non-hydrogen) atoms. The Balaban J connectivity index is 0.00000544. The van der Waals surface area contributed by atoms with Gasteiger partial charge in [0.15, 0.2) is 0 Å². The lowest BCUT2D eigenvalue weighted by atomic mass is 10.1. The number of rotatable bonds is 13. The quantitative estimate of drug-likeness (QED) is 0.383. The summed E-state index contributed by atoms with van der Waals surface area (Å²) in [6.45, 7) is 1.15. The van der Waals surface area contributed by atoms with Crippen LogP contribution < -0.4 is 29.6 Å². The SMILES string of the molecule is COc1cc(OC)c(CNCC(=Cc2cc(Cl)ccc2OC)CNCC(=O)O)c(OC)c1.Cl. The summed E-state index contributed by atoms with van der Waals surface area (Å²) in [7, 11) is 6.34. The Bertz CT molecular complexity index is 928. The summed E-state index contributed by atoms with van der Waals surface area (Å²) < 4.78 is 21.7. The number of carbonyl (C=O) groups is 1. The van der Waals surface area contributed by atoms with Crippen molar-refractivity contribution in [1.29, 1.82) is 0 Å². The second-order valence-corrected chi connectivity index (χ2v) is 7.24. The first-order valence-electron chi connectivity index (χ1n) is 9.86. The summed E-state index contributed by atoms with van der Waals surface area (Å²) in [6.07, 6.45) is 1.93. The van der Waals surface area contributed by atoms with Crippen molar-refractivity contribution in [2.45, 2.75) is 6.54 Å². The molecule has 0 aliphatic carbocycles. The van der Waals surface area contributed by atoms with Gasteiger partial charge in [-0.2, -0.15) is 0 Å². The van der Waals surface area contributed by atoms with E-state index >= 15 is 0 Å². The van der Waals surface area contributed by atoms with Crippen LogP contribution in [0.4, 0.5) is 0 Å². The average molecular weight is 501 g/mol. The second-order valence-electron chi connectivity index (χ2n) is 6.80. The number of hydrogen-bond donors (Lipinski definition) is 3. The van der Waals surface area contributed by atoms with E-state index < -0.39 is 5.97 Å². The van der Waals surface area contributed by atoms with Crippen LogP contribution in [0.1, 0.15) is 11.1 Å². The number of hydrogen-bond acceptors (Lipinski definition) is 7. The van der Waals surface area contributed by atoms with Crippen LogP contribution in [0.2, 0.25) is 5.02 Å². The zero-order chi connectivity index (χ0) is 23.5. The minimum atomic E-state index is -0.926. The monoisotopic (exact) mass is 500 g/mol. The van der Waals surface area contributed by atoms with E-state index in [-0.39, 0.29) is 19.0 Å². The molecule has 0 aliphatic rings. The molecule has 0 saturated heterocycles. The van der Waals surface area contributed by atoms with E-state index in [1.807, 2.05) is 6.08 Å². The van der Waals surface area contributed by atoms with Crippen LogP contribution in [-0.4, -0.2) is 59.1 Å². The van der Waals surface area contributed by atoms with Crippen LogP contribution in [0.15, 0.2) is 35.9 Å². The van der Waals surface area contributed by atoms with Crippen molar-refractivity contribution in [3.8, 4) is 23.0 Å². The maximum atomic E-state index is 10.9. The Hall–Kier alpha value is -2.65. The predicted octanol–water partition coefficient (Wildman–Crippen LogP) is 3.64. The normalized spacial score (nSPS) is 10.9. The zero-order valence-corrected chi connectivity index (χ0v) is 20.6. The number of halogens is 2. The molecule has 0 heterocycles. The molecular weight excluding hydrogens is 471 g/mol. The molecule has 0 atom stereocenters. The van der Waals surface area contributed by atoms with E-state index in [0.717, 1.165) is 16.7 Å². The number of benzene rings is 2. The summed E-state index contributed by atoms with van der Waals surface area (Å²) in [5, 5.41) is 15.8. The smallest absolute Gasteiger partial charge is 0.317 e. The van der Waals surface area contributed by atoms with Gasteiger partial charge < -0.3 is 34.7 Å². The third-order valence-electron chi connectivity index (χ3n) is 4.65. The van der Waals surface area contributed by atoms with E-state index in [1.165, 1.54) is 0 Å². The van der Waals surface area contributed by atoms with Crippen LogP contribution in [0.5, 0.6) is 23.0 Å². The standard InChI is InChI=1S/C23H29ClN2O6.ClH/c1-29-18-9-21(31-3)19(22(10-18)32-4)13-25-11-15(12-26-14-23(27)28)7-16-8-17(24)5-6-20(16)30-2;/h5-10,25-26H,11-14H2,1-4H3,(H,27,28);1H. The van der Waals surface area contributed by atoms with Crippen molar-refractivity contribution in [2.24, 2.45) is 0 Å². The largest absolute Gasteiger partial charge is 0.496 e. The van der Waals surface area contributed by atoms with Crippen molar-refractivity contribution in [2.75, 3.05) is 48.1 Å². The van der Waals surface area contributed by atoms with Crippen LogP contribution in [0.3, 0.4) is 0 Å². The number of nitrogens with one attached hydrogen (secondary N) is 2. The van der Waals surface area contributed by atoms with Crippen molar-refractivity contribution in [3.05, 3.63) is 52.1 Å². The molecule has 2 aromatic rings. The van der Waals surface area contributed by atoms with Gasteiger partial charge in [-0.3, -0.25) is 4.79 Å². The van der Waals surface area contributed by atoms with Crippen molar-refractivity contribution in [3.63, 3.8) is 0 Å². The van der Waals surface area contributed by atoms with Crippen LogP contribution in [-0.2, 0) is 11.3 Å². The molecule has 0 bridgehead atoms. The highest BCUT2D eigenvalue weighted by molar-refractivity contribution is 6.30. The molecule has 8 nitrogen and oxygen atoms in total. The van der Waals surface area contributed by atoms with Crippen molar-refractivity contribution in [1.82, 2.24) is 10.6 Å². The molecule has 0 aliphatic heterocycles. The number of ether oxygens (including phenoxy) is 4. The molecule has 0 amide bonds. The summed E-state index contributed by atoms with van der Waals surface area (Å²) in [4.78, 5) is 10.9. The minimum Gasteiger partial charge on any atom is -0.496 e. The molecule has 0 spiro atoms. The predicted molar refractivity (Wildman–Crippen MR) is 132 cm³/mol. The van der Waals surface area contributed by atoms with Gasteiger partial charge in [0, 0.05) is 42.4 Å². The van der Waals surface area contributed by atoms with E-state index in [2.05, 4.69) is 10.6 Å². The lowest BCUT2D eigenvalue weighted by Gasteiger charge is -2.17. The van der Waals surface area contributed by atoms with E-state index in [4.69, 9.17) is 35.7 Å². The fraction of sp³-hybridized carbons (Fsp3) is 0.348. The highest BCUT2D eigenvalue weighted by Crippen LogP contribution is 2.34. The molecule has 0 saturated carbocycles. The van der Waals surface area contributed by atoms with Gasteiger partial charge in [-0.1, -0.05) is 11.6 Å². The lowest BCUT2D eigenvalue weighted by molar-refractivity contribution is -0.135. The molecule has 10 heteroatoms. The Morgan fingerprint density at radius 1 is 0.909 bits per heavy atom. The maximum Gasteiger partial charge on any atom is 0.317 e. The highest BCUT2D eigenvalue weighted by Gasteiger charge is 2.13. The zero-order valence-electron chi connectivity index (χ0n) is 19.1. The second kappa shape index (κ2) is 14.5. The Labute approximate surface area is 205 Å². The molecule has 3 N–H and O–H groups in total. The van der Waals surface area contributed by atoms with Crippen LogP contribution >= 0.6 is 24.0 Å². The first-order chi connectivity index (χ1) is 15.4. The molecule has 0 aromatic heterocycles. The van der Waals surface area contributed by atoms with Gasteiger partial charge in [0.25, 0.3) is 0 Å². The van der Waals surface area contributed by atoms with E-state index in [1.54, 1.807) is 58.8 Å². The fourth-order valence-electron chi connectivity index (χ4n) is 3.13. The van der Waals surface area contributed by atoms with Gasteiger partial charge in [0.05, 0.1) is 40.5 Å². The highest BCUT2D eigenvalue weighted by atomic mass is 35.5. The molecule has 2 aromatic carbocycles. The summed E-state index contributed by atoms with van der Waals surface area (Å²) >= 11 is 6.15. The molecule has 2 rings (SSSR count). The van der Waals surface area contributed by atoms with Gasteiger partial charge in [-0.25, -0.2) is 0 Å². The van der Waals surface area contributed by atoms with E-state index in [9.17, 15) is 4.79 Å². The van der Waals surface area contributed by atoms with Gasteiger partial charge in [-0.05, 0) is 29.8 Å². The van der Waals surface area contributed by atoms with Crippen molar-refractivity contribution >= 4 is 36.1 Å². The summed E-state index contributed by atoms with van der Waals surface area (Å²) in [5.74, 6) is 1.66. The fourth-order valence-corrected chi connectivity index (χ4v) is 3.31. The van der Waals surface area contributed by atoms with E-state index in [0.29, 0.717) is 47.7 Å². The topological polar surface area (TPSA) is 98.3 Å². The van der Waals surface area contributed by atoms with Gasteiger partial charge >= 0.3 is 5.97 Å². The lowest BCUT2D eigenvalue weighted by Crippen LogP contribution is -2.28. The molecular formula is C23H30Cl2N2O6. The Morgan fingerprint density at radius 2 is 1.52 bits per heavy atom. The molecule has 182 valence electrons.